The molecular formula is C17H18F3NO. The van der Waals surface area contributed by atoms with Gasteiger partial charge in [-0.15, -0.1) is 0 Å². The van der Waals surface area contributed by atoms with Gasteiger partial charge >= 0.3 is 6.18 Å². The monoisotopic (exact) mass is 309 g/mol. The molecule has 0 saturated carbocycles. The average Bonchev–Trinajstić information content (AvgIpc) is 2.52. The molecule has 1 heterocycles. The molecule has 0 spiro atoms. The van der Waals surface area contributed by atoms with E-state index in [2.05, 4.69) is 11.9 Å². The molecule has 22 heavy (non-hydrogen) atoms. The largest absolute Gasteiger partial charge is 0.416 e. The lowest BCUT2D eigenvalue weighted by atomic mass is 10.0. The normalized spacial score (nSPS) is 13.1. The first-order chi connectivity index (χ1) is 10.4. The quantitative estimate of drug-likeness (QED) is 0.844. The Morgan fingerprint density at radius 2 is 1.77 bits per heavy atom. The fourth-order valence-electron chi connectivity index (χ4n) is 2.17. The third kappa shape index (κ3) is 4.07. The molecule has 0 aliphatic carbocycles. The second kappa shape index (κ2) is 6.92. The van der Waals surface area contributed by atoms with Crippen LogP contribution in [0.4, 0.5) is 13.2 Å². The molecule has 0 unspecified atom stereocenters. The van der Waals surface area contributed by atoms with E-state index in [1.54, 1.807) is 18.3 Å². The highest BCUT2D eigenvalue weighted by atomic mass is 19.4. The molecule has 1 aromatic heterocycles. The van der Waals surface area contributed by atoms with Gasteiger partial charge in [-0.3, -0.25) is 4.98 Å². The number of unbranched alkanes of at least 4 members (excludes halogenated alkanes) is 1. The SMILES string of the molecule is CCCC[C@@H](O)c1ccc(-c2ccc(C(F)(F)F)cc2)nc1. The zero-order valence-electron chi connectivity index (χ0n) is 12.3. The van der Waals surface area contributed by atoms with Crippen LogP contribution in [-0.4, -0.2) is 10.1 Å². The van der Waals surface area contributed by atoms with Gasteiger partial charge in [-0.2, -0.15) is 13.2 Å². The van der Waals surface area contributed by atoms with Crippen LogP contribution in [0, 0.1) is 0 Å². The summed E-state index contributed by atoms with van der Waals surface area (Å²) in [6.07, 6.45) is -0.686. The van der Waals surface area contributed by atoms with Gasteiger partial charge in [-0.25, -0.2) is 0 Å². The minimum absolute atomic E-state index is 0.547. The number of hydrogen-bond donors (Lipinski definition) is 1. The van der Waals surface area contributed by atoms with Crippen molar-refractivity contribution in [3.8, 4) is 11.3 Å². The van der Waals surface area contributed by atoms with Crippen LogP contribution in [0.25, 0.3) is 11.3 Å². The van der Waals surface area contributed by atoms with Crippen LogP contribution in [0.2, 0.25) is 0 Å². The van der Waals surface area contributed by atoms with E-state index in [0.717, 1.165) is 30.5 Å². The van der Waals surface area contributed by atoms with Gasteiger partial charge in [0.15, 0.2) is 0 Å². The van der Waals surface area contributed by atoms with Gasteiger partial charge in [0.1, 0.15) is 0 Å². The number of pyridine rings is 1. The van der Waals surface area contributed by atoms with Crippen molar-refractivity contribution < 1.29 is 18.3 Å². The number of hydrogen-bond acceptors (Lipinski definition) is 2. The number of benzene rings is 1. The van der Waals surface area contributed by atoms with Crippen molar-refractivity contribution in [2.24, 2.45) is 0 Å². The number of alkyl halides is 3. The summed E-state index contributed by atoms with van der Waals surface area (Å²) in [5.74, 6) is 0. The molecule has 0 aliphatic heterocycles. The highest BCUT2D eigenvalue weighted by molar-refractivity contribution is 5.59. The third-order valence-electron chi connectivity index (χ3n) is 3.51. The Morgan fingerprint density at radius 3 is 2.27 bits per heavy atom. The van der Waals surface area contributed by atoms with Crippen LogP contribution >= 0.6 is 0 Å². The topological polar surface area (TPSA) is 33.1 Å². The number of aromatic nitrogens is 1. The van der Waals surface area contributed by atoms with E-state index < -0.39 is 17.8 Å². The lowest BCUT2D eigenvalue weighted by molar-refractivity contribution is -0.137. The second-order valence-electron chi connectivity index (χ2n) is 5.21. The van der Waals surface area contributed by atoms with Crippen molar-refractivity contribution in [2.75, 3.05) is 0 Å². The lowest BCUT2D eigenvalue weighted by Crippen LogP contribution is -2.04. The van der Waals surface area contributed by atoms with E-state index in [-0.39, 0.29) is 0 Å². The van der Waals surface area contributed by atoms with E-state index in [1.807, 2.05) is 0 Å². The van der Waals surface area contributed by atoms with E-state index in [9.17, 15) is 18.3 Å². The van der Waals surface area contributed by atoms with E-state index >= 15 is 0 Å². The average molecular weight is 309 g/mol. The summed E-state index contributed by atoms with van der Waals surface area (Å²) < 4.78 is 37.6. The number of aliphatic hydroxyl groups excluding tert-OH is 1. The first kappa shape index (κ1) is 16.5. The zero-order chi connectivity index (χ0) is 16.2. The number of nitrogens with zero attached hydrogens (tertiary/aromatic N) is 1. The fourth-order valence-corrected chi connectivity index (χ4v) is 2.17. The molecule has 0 amide bonds. The lowest BCUT2D eigenvalue weighted by Gasteiger charge is -2.11. The predicted molar refractivity (Wildman–Crippen MR) is 79.2 cm³/mol. The molecule has 2 aromatic rings. The Bertz CT molecular complexity index is 591. The van der Waals surface area contributed by atoms with E-state index in [0.29, 0.717) is 17.7 Å². The maximum atomic E-state index is 12.5. The highest BCUT2D eigenvalue weighted by Crippen LogP contribution is 2.30. The van der Waals surface area contributed by atoms with Gasteiger partial charge < -0.3 is 5.11 Å². The summed E-state index contributed by atoms with van der Waals surface area (Å²) in [6, 6.07) is 8.37. The molecule has 1 aromatic carbocycles. The Morgan fingerprint density at radius 1 is 1.09 bits per heavy atom. The standard InChI is InChI=1S/C17H18F3NO/c1-2-3-4-16(22)13-7-10-15(21-11-13)12-5-8-14(9-6-12)17(18,19)20/h5-11,16,22H,2-4H2,1H3/t16-/m1/s1. The summed E-state index contributed by atoms with van der Waals surface area (Å²) in [4.78, 5) is 4.23. The van der Waals surface area contributed by atoms with Gasteiger partial charge in [-0.1, -0.05) is 38.0 Å². The van der Waals surface area contributed by atoms with Crippen molar-refractivity contribution in [1.29, 1.82) is 0 Å². The van der Waals surface area contributed by atoms with Gasteiger partial charge in [0, 0.05) is 11.8 Å². The fraction of sp³-hybridized carbons (Fsp3) is 0.353. The van der Waals surface area contributed by atoms with Crippen molar-refractivity contribution in [1.82, 2.24) is 4.98 Å². The van der Waals surface area contributed by atoms with Crippen LogP contribution in [-0.2, 0) is 6.18 Å². The molecule has 0 radical (unpaired) electrons. The second-order valence-corrected chi connectivity index (χ2v) is 5.21. The maximum Gasteiger partial charge on any atom is 0.416 e. The first-order valence-electron chi connectivity index (χ1n) is 7.23. The Labute approximate surface area is 127 Å². The van der Waals surface area contributed by atoms with Crippen LogP contribution < -0.4 is 0 Å². The molecule has 2 nitrogen and oxygen atoms in total. The summed E-state index contributed by atoms with van der Waals surface area (Å²) in [6.45, 7) is 2.05. The minimum Gasteiger partial charge on any atom is -0.388 e. The van der Waals surface area contributed by atoms with Crippen molar-refractivity contribution in [3.05, 3.63) is 53.7 Å². The predicted octanol–water partition coefficient (Wildman–Crippen LogP) is 4.99. The molecule has 0 aliphatic rings. The molecule has 1 atom stereocenters. The molecule has 0 saturated heterocycles. The van der Waals surface area contributed by atoms with Crippen molar-refractivity contribution in [3.63, 3.8) is 0 Å². The Kier molecular flexibility index (Phi) is 5.19. The molecule has 0 bridgehead atoms. The van der Waals surface area contributed by atoms with Crippen LogP contribution in [0.1, 0.15) is 43.4 Å². The van der Waals surface area contributed by atoms with Crippen molar-refractivity contribution in [2.45, 2.75) is 38.5 Å². The summed E-state index contributed by atoms with van der Waals surface area (Å²) in [7, 11) is 0. The van der Waals surface area contributed by atoms with Crippen LogP contribution in [0.3, 0.4) is 0 Å². The van der Waals surface area contributed by atoms with E-state index in [1.165, 1.54) is 12.1 Å². The summed E-state index contributed by atoms with van der Waals surface area (Å²) >= 11 is 0. The maximum absolute atomic E-state index is 12.5. The zero-order valence-corrected chi connectivity index (χ0v) is 12.3. The first-order valence-corrected chi connectivity index (χ1v) is 7.23. The molecular weight excluding hydrogens is 291 g/mol. The molecule has 118 valence electrons. The van der Waals surface area contributed by atoms with Crippen molar-refractivity contribution >= 4 is 0 Å². The summed E-state index contributed by atoms with van der Waals surface area (Å²) in [5, 5.41) is 9.97. The number of aliphatic hydroxyl groups is 1. The molecule has 0 fully saturated rings. The smallest absolute Gasteiger partial charge is 0.388 e. The summed E-state index contributed by atoms with van der Waals surface area (Å²) in [5.41, 5.74) is 1.25. The van der Waals surface area contributed by atoms with E-state index in [4.69, 9.17) is 0 Å². The number of rotatable bonds is 5. The molecule has 5 heteroatoms. The van der Waals surface area contributed by atoms with Gasteiger partial charge in [0.2, 0.25) is 0 Å². The molecule has 2 rings (SSSR count). The Hall–Kier alpha value is -1.88. The minimum atomic E-state index is -4.33. The van der Waals surface area contributed by atoms with Gasteiger partial charge in [0.25, 0.3) is 0 Å². The number of halogens is 3. The van der Waals surface area contributed by atoms with Gasteiger partial charge in [0.05, 0.1) is 17.4 Å². The molecule has 1 N–H and O–H groups in total. The Balaban J connectivity index is 2.13. The van der Waals surface area contributed by atoms with Gasteiger partial charge in [-0.05, 0) is 30.2 Å². The highest BCUT2D eigenvalue weighted by Gasteiger charge is 2.29. The van der Waals surface area contributed by atoms with Crippen LogP contribution in [0.15, 0.2) is 42.6 Å². The van der Waals surface area contributed by atoms with Crippen LogP contribution in [0.5, 0.6) is 0 Å². The third-order valence-corrected chi connectivity index (χ3v) is 3.51.